The summed E-state index contributed by atoms with van der Waals surface area (Å²) in [5.41, 5.74) is 1.19. The summed E-state index contributed by atoms with van der Waals surface area (Å²) in [6, 6.07) is 8.99. The molecule has 3 amide bonds. The van der Waals surface area contributed by atoms with E-state index < -0.39 is 18.5 Å². The van der Waals surface area contributed by atoms with E-state index >= 15 is 0 Å². The molecule has 0 unspecified atom stereocenters. The Hall–Kier alpha value is -3.14. The highest BCUT2D eigenvalue weighted by Gasteiger charge is 2.29. The van der Waals surface area contributed by atoms with E-state index in [2.05, 4.69) is 10.5 Å². The van der Waals surface area contributed by atoms with Gasteiger partial charge in [0.05, 0.1) is 5.75 Å². The lowest BCUT2D eigenvalue weighted by Crippen LogP contribution is -2.38. The molecule has 1 fully saturated rings. The molecule has 3 rings (SSSR count). The zero-order chi connectivity index (χ0) is 20.1. The molecule has 1 aromatic heterocycles. The molecule has 1 N–H and O–H groups in total. The van der Waals surface area contributed by atoms with Gasteiger partial charge in [-0.15, -0.1) is 0 Å². The molecule has 1 aliphatic heterocycles. The molecule has 146 valence electrons. The average Bonchev–Trinajstić information content (AvgIpc) is 3.23. The maximum Gasteiger partial charge on any atom is 0.344 e. The highest BCUT2D eigenvalue weighted by atomic mass is 32.2. The topological polar surface area (TPSA) is 119 Å². The molecule has 0 aliphatic carbocycles. The number of nitrogens with zero attached hydrogens (tertiary/aromatic N) is 2. The number of carbonyl (C=O) groups excluding carboxylic acids is 4. The van der Waals surface area contributed by atoms with Gasteiger partial charge in [-0.05, 0) is 6.92 Å². The van der Waals surface area contributed by atoms with Crippen molar-refractivity contribution in [2.24, 2.45) is 0 Å². The largest absolute Gasteiger partial charge is 0.452 e. The predicted molar refractivity (Wildman–Crippen MR) is 99.5 cm³/mol. The molecule has 2 heterocycles. The van der Waals surface area contributed by atoms with Gasteiger partial charge in [0.25, 0.3) is 11.1 Å². The van der Waals surface area contributed by atoms with Gasteiger partial charge >= 0.3 is 5.97 Å². The van der Waals surface area contributed by atoms with Crippen molar-refractivity contribution in [3.05, 3.63) is 41.7 Å². The van der Waals surface area contributed by atoms with Crippen molar-refractivity contribution in [3.63, 3.8) is 0 Å². The van der Waals surface area contributed by atoms with Gasteiger partial charge < -0.3 is 14.6 Å². The number of aryl methyl sites for hydroxylation is 1. The van der Waals surface area contributed by atoms with Crippen LogP contribution < -0.4 is 5.32 Å². The Morgan fingerprint density at radius 2 is 2.04 bits per heavy atom. The SMILES string of the molecule is Cc1onc(-c2ccccc2)c1C(=O)OCC(=O)NCCN1C(=O)CSC1=O. The van der Waals surface area contributed by atoms with Crippen molar-refractivity contribution in [2.45, 2.75) is 6.92 Å². The number of thioether (sulfide) groups is 1. The van der Waals surface area contributed by atoms with Crippen molar-refractivity contribution in [3.8, 4) is 11.3 Å². The fourth-order valence-electron chi connectivity index (χ4n) is 2.56. The van der Waals surface area contributed by atoms with Crippen LogP contribution in [0.25, 0.3) is 11.3 Å². The summed E-state index contributed by atoms with van der Waals surface area (Å²) in [6.07, 6.45) is 0. The molecule has 0 radical (unpaired) electrons. The summed E-state index contributed by atoms with van der Waals surface area (Å²) < 4.78 is 10.2. The normalized spacial score (nSPS) is 13.7. The number of carbonyl (C=O) groups is 4. The van der Waals surface area contributed by atoms with Crippen molar-refractivity contribution in [1.82, 2.24) is 15.4 Å². The molecule has 10 heteroatoms. The Balaban J connectivity index is 1.52. The first-order chi connectivity index (χ1) is 13.5. The number of aromatic nitrogens is 1. The van der Waals surface area contributed by atoms with Crippen LogP contribution in [0, 0.1) is 6.92 Å². The highest BCUT2D eigenvalue weighted by molar-refractivity contribution is 8.14. The fourth-order valence-corrected chi connectivity index (χ4v) is 3.32. The molecule has 28 heavy (non-hydrogen) atoms. The Morgan fingerprint density at radius 1 is 1.29 bits per heavy atom. The lowest BCUT2D eigenvalue weighted by Gasteiger charge is -2.13. The van der Waals surface area contributed by atoms with E-state index in [1.54, 1.807) is 31.2 Å². The van der Waals surface area contributed by atoms with Gasteiger partial charge in [-0.3, -0.25) is 19.3 Å². The van der Waals surface area contributed by atoms with Crippen LogP contribution in [0.2, 0.25) is 0 Å². The third-order valence-corrected chi connectivity index (χ3v) is 4.81. The van der Waals surface area contributed by atoms with E-state index in [1.165, 1.54) is 0 Å². The van der Waals surface area contributed by atoms with Crippen LogP contribution >= 0.6 is 11.8 Å². The van der Waals surface area contributed by atoms with Crippen LogP contribution in [0.4, 0.5) is 4.79 Å². The molecule has 0 saturated carbocycles. The minimum Gasteiger partial charge on any atom is -0.452 e. The second-order valence-corrected chi connectivity index (χ2v) is 6.78. The van der Waals surface area contributed by atoms with Crippen molar-refractivity contribution < 1.29 is 28.4 Å². The summed E-state index contributed by atoms with van der Waals surface area (Å²) in [5.74, 6) is -1.16. The highest BCUT2D eigenvalue weighted by Crippen LogP contribution is 2.25. The lowest BCUT2D eigenvalue weighted by molar-refractivity contribution is -0.126. The lowest BCUT2D eigenvalue weighted by atomic mass is 10.1. The number of amides is 3. The van der Waals surface area contributed by atoms with Crippen molar-refractivity contribution in [2.75, 3.05) is 25.4 Å². The number of ether oxygens (including phenoxy) is 1. The number of benzene rings is 1. The molecule has 9 nitrogen and oxygen atoms in total. The minimum atomic E-state index is -0.728. The van der Waals surface area contributed by atoms with Crippen LogP contribution in [0.3, 0.4) is 0 Å². The fraction of sp³-hybridized carbons (Fsp3) is 0.278. The maximum absolute atomic E-state index is 12.4. The third-order valence-electron chi connectivity index (χ3n) is 3.95. The molecular formula is C18H17N3O6S. The van der Waals surface area contributed by atoms with Gasteiger partial charge in [-0.25, -0.2) is 4.79 Å². The number of nitrogens with one attached hydrogen (secondary N) is 1. The van der Waals surface area contributed by atoms with Gasteiger partial charge in [-0.1, -0.05) is 47.3 Å². The van der Waals surface area contributed by atoms with Crippen molar-refractivity contribution >= 4 is 34.8 Å². The summed E-state index contributed by atoms with van der Waals surface area (Å²) in [4.78, 5) is 48.3. The number of esters is 1. The number of rotatable bonds is 7. The monoisotopic (exact) mass is 403 g/mol. The third kappa shape index (κ3) is 4.39. The smallest absolute Gasteiger partial charge is 0.344 e. The first-order valence-corrected chi connectivity index (χ1v) is 9.38. The van der Waals surface area contributed by atoms with Crippen LogP contribution in [0.5, 0.6) is 0 Å². The van der Waals surface area contributed by atoms with Crippen LogP contribution in [0.15, 0.2) is 34.9 Å². The molecule has 0 atom stereocenters. The average molecular weight is 403 g/mol. The molecule has 0 bridgehead atoms. The first kappa shape index (κ1) is 19.6. The predicted octanol–water partition coefficient (Wildman–Crippen LogP) is 1.62. The first-order valence-electron chi connectivity index (χ1n) is 8.40. The number of hydrogen-bond acceptors (Lipinski definition) is 8. The molecule has 1 aliphatic rings. The van der Waals surface area contributed by atoms with Gasteiger partial charge in [0.2, 0.25) is 5.91 Å². The van der Waals surface area contributed by atoms with Crippen molar-refractivity contribution in [1.29, 1.82) is 0 Å². The quantitative estimate of drug-likeness (QED) is 0.693. The summed E-state index contributed by atoms with van der Waals surface area (Å²) in [7, 11) is 0. The summed E-state index contributed by atoms with van der Waals surface area (Å²) in [6.45, 7) is 1.23. The number of imide groups is 1. The van der Waals surface area contributed by atoms with E-state index in [0.29, 0.717) is 11.3 Å². The summed E-state index contributed by atoms with van der Waals surface area (Å²) >= 11 is 0.926. The molecule has 1 saturated heterocycles. The van der Waals surface area contributed by atoms with Gasteiger partial charge in [-0.2, -0.15) is 0 Å². The number of hydrogen-bond donors (Lipinski definition) is 1. The van der Waals surface area contributed by atoms with Gasteiger partial charge in [0.15, 0.2) is 6.61 Å². The van der Waals surface area contributed by atoms with E-state index in [9.17, 15) is 19.2 Å². The molecular weight excluding hydrogens is 386 g/mol. The maximum atomic E-state index is 12.4. The molecule has 0 spiro atoms. The molecule has 2 aromatic rings. The van der Waals surface area contributed by atoms with E-state index in [0.717, 1.165) is 16.7 Å². The van der Waals surface area contributed by atoms with Gasteiger partial charge in [0, 0.05) is 18.7 Å². The minimum absolute atomic E-state index is 0.0767. The second-order valence-electron chi connectivity index (χ2n) is 5.85. The second kappa shape index (κ2) is 8.70. The standard InChI is InChI=1S/C18H17N3O6S/c1-11-15(16(20-27-11)12-5-3-2-4-6-12)17(24)26-9-13(22)19-7-8-21-14(23)10-28-18(21)25/h2-6H,7-10H2,1H3,(H,19,22). The Kier molecular flexibility index (Phi) is 6.09. The zero-order valence-corrected chi connectivity index (χ0v) is 15.8. The van der Waals surface area contributed by atoms with E-state index in [-0.39, 0.29) is 41.3 Å². The van der Waals surface area contributed by atoms with Gasteiger partial charge in [0.1, 0.15) is 17.0 Å². The zero-order valence-electron chi connectivity index (χ0n) is 15.0. The molecule has 1 aromatic carbocycles. The van der Waals surface area contributed by atoms with Crippen LogP contribution in [-0.2, 0) is 14.3 Å². The van der Waals surface area contributed by atoms with E-state index in [1.807, 2.05) is 6.07 Å². The van der Waals surface area contributed by atoms with Crippen LogP contribution in [0.1, 0.15) is 16.1 Å². The van der Waals surface area contributed by atoms with E-state index in [4.69, 9.17) is 9.26 Å². The Morgan fingerprint density at radius 3 is 2.71 bits per heavy atom. The Labute approximate surface area is 164 Å². The summed E-state index contributed by atoms with van der Waals surface area (Å²) in [5, 5.41) is 6.06. The Bertz CT molecular complexity index is 895. The van der Waals surface area contributed by atoms with Crippen LogP contribution in [-0.4, -0.2) is 58.5 Å².